The van der Waals surface area contributed by atoms with Crippen molar-refractivity contribution in [1.29, 1.82) is 5.26 Å². The first-order valence-corrected chi connectivity index (χ1v) is 9.23. The minimum absolute atomic E-state index is 0.0117. The number of carbonyl (C=O) groups is 2. The SMILES string of the molecule is COC(=O)c1c(N)c(C#N)cn1-c1ccccc1C(=O)NCCN1CCOCC1. The number of nitrogens with one attached hydrogen (secondary N) is 1. The highest BCUT2D eigenvalue weighted by Crippen LogP contribution is 2.26. The van der Waals surface area contributed by atoms with Gasteiger partial charge in [-0.25, -0.2) is 4.79 Å². The predicted octanol–water partition coefficient (Wildman–Crippen LogP) is 0.780. The van der Waals surface area contributed by atoms with Gasteiger partial charge in [-0.3, -0.25) is 9.69 Å². The molecule has 29 heavy (non-hydrogen) atoms. The van der Waals surface area contributed by atoms with E-state index >= 15 is 0 Å². The number of benzene rings is 1. The van der Waals surface area contributed by atoms with Gasteiger partial charge in [0.05, 0.1) is 42.8 Å². The number of rotatable bonds is 6. The first kappa shape index (κ1) is 20.4. The Hall–Kier alpha value is -3.35. The zero-order valence-corrected chi connectivity index (χ0v) is 16.2. The van der Waals surface area contributed by atoms with Gasteiger partial charge >= 0.3 is 5.97 Å². The number of hydrogen-bond acceptors (Lipinski definition) is 7. The van der Waals surface area contributed by atoms with Gasteiger partial charge in [-0.15, -0.1) is 0 Å². The first-order chi connectivity index (χ1) is 14.1. The van der Waals surface area contributed by atoms with E-state index in [1.165, 1.54) is 17.9 Å². The fourth-order valence-corrected chi connectivity index (χ4v) is 3.23. The van der Waals surface area contributed by atoms with Gasteiger partial charge in [-0.1, -0.05) is 12.1 Å². The van der Waals surface area contributed by atoms with Crippen LogP contribution < -0.4 is 11.1 Å². The molecule has 9 nitrogen and oxygen atoms in total. The monoisotopic (exact) mass is 397 g/mol. The number of nitriles is 1. The number of amides is 1. The number of esters is 1. The highest BCUT2D eigenvalue weighted by atomic mass is 16.5. The predicted molar refractivity (Wildman–Crippen MR) is 106 cm³/mol. The topological polar surface area (TPSA) is 123 Å². The summed E-state index contributed by atoms with van der Waals surface area (Å²) in [5.74, 6) is -0.970. The van der Waals surface area contributed by atoms with E-state index < -0.39 is 5.97 Å². The number of para-hydroxylation sites is 1. The van der Waals surface area contributed by atoms with Gasteiger partial charge in [0.25, 0.3) is 5.91 Å². The Balaban J connectivity index is 1.85. The zero-order valence-electron chi connectivity index (χ0n) is 16.2. The number of carbonyl (C=O) groups excluding carboxylic acids is 2. The summed E-state index contributed by atoms with van der Waals surface area (Å²) in [6.07, 6.45) is 1.43. The van der Waals surface area contributed by atoms with Crippen LogP contribution in [0.2, 0.25) is 0 Å². The molecule has 1 aromatic heterocycles. The van der Waals surface area contributed by atoms with Gasteiger partial charge in [0, 0.05) is 32.4 Å². The molecule has 1 aromatic carbocycles. The van der Waals surface area contributed by atoms with Crippen LogP contribution in [-0.2, 0) is 9.47 Å². The summed E-state index contributed by atoms with van der Waals surface area (Å²) >= 11 is 0. The number of hydrogen-bond donors (Lipinski definition) is 2. The Bertz CT molecular complexity index is 941. The van der Waals surface area contributed by atoms with Gasteiger partial charge < -0.3 is 25.1 Å². The molecular formula is C20H23N5O4. The van der Waals surface area contributed by atoms with Gasteiger partial charge in [-0.2, -0.15) is 5.26 Å². The van der Waals surface area contributed by atoms with Crippen molar-refractivity contribution in [3.63, 3.8) is 0 Å². The highest BCUT2D eigenvalue weighted by Gasteiger charge is 2.24. The van der Waals surface area contributed by atoms with E-state index in [0.717, 1.165) is 19.6 Å². The average Bonchev–Trinajstić information content (AvgIpc) is 3.10. The Kier molecular flexibility index (Phi) is 6.49. The second-order valence-electron chi connectivity index (χ2n) is 6.51. The summed E-state index contributed by atoms with van der Waals surface area (Å²) in [6, 6.07) is 8.77. The van der Waals surface area contributed by atoms with Crippen molar-refractivity contribution in [2.24, 2.45) is 0 Å². The highest BCUT2D eigenvalue weighted by molar-refractivity contribution is 6.00. The van der Waals surface area contributed by atoms with Crippen LogP contribution in [0.1, 0.15) is 26.4 Å². The standard InChI is InChI=1S/C20H23N5O4/c1-28-20(27)18-17(22)14(12-21)13-25(18)16-5-3-2-4-15(16)19(26)23-6-7-24-8-10-29-11-9-24/h2-5,13H,6-11,22H2,1H3,(H,23,26). The van der Waals surface area contributed by atoms with Crippen LogP contribution in [0.4, 0.5) is 5.69 Å². The fourth-order valence-electron chi connectivity index (χ4n) is 3.23. The maximum absolute atomic E-state index is 12.8. The van der Waals surface area contributed by atoms with E-state index in [0.29, 0.717) is 31.0 Å². The Morgan fingerprint density at radius 3 is 2.72 bits per heavy atom. The van der Waals surface area contributed by atoms with Crippen molar-refractivity contribution in [1.82, 2.24) is 14.8 Å². The molecule has 3 rings (SSSR count). The normalized spacial score (nSPS) is 14.2. The third-order valence-corrected chi connectivity index (χ3v) is 4.77. The van der Waals surface area contributed by atoms with Crippen LogP contribution in [0.15, 0.2) is 30.5 Å². The molecule has 0 atom stereocenters. The van der Waals surface area contributed by atoms with Crippen molar-refractivity contribution in [2.75, 3.05) is 52.2 Å². The van der Waals surface area contributed by atoms with Crippen molar-refractivity contribution in [3.8, 4) is 11.8 Å². The number of methoxy groups -OCH3 is 1. The molecule has 3 N–H and O–H groups in total. The fraction of sp³-hybridized carbons (Fsp3) is 0.350. The van der Waals surface area contributed by atoms with Crippen LogP contribution in [0.3, 0.4) is 0 Å². The van der Waals surface area contributed by atoms with Crippen LogP contribution in [0.5, 0.6) is 0 Å². The molecule has 2 aromatic rings. The number of nitrogen functional groups attached to an aromatic ring is 1. The number of nitrogens with two attached hydrogens (primary N) is 1. The van der Waals surface area contributed by atoms with Crippen LogP contribution >= 0.6 is 0 Å². The van der Waals surface area contributed by atoms with E-state index in [4.69, 9.17) is 15.2 Å². The Morgan fingerprint density at radius 2 is 2.03 bits per heavy atom. The number of morpholine rings is 1. The van der Waals surface area contributed by atoms with Gasteiger partial charge in [0.2, 0.25) is 0 Å². The lowest BCUT2D eigenvalue weighted by Gasteiger charge is -2.26. The lowest BCUT2D eigenvalue weighted by Crippen LogP contribution is -2.41. The molecule has 1 fully saturated rings. The minimum atomic E-state index is -0.688. The quantitative estimate of drug-likeness (QED) is 0.691. The van der Waals surface area contributed by atoms with Crippen molar-refractivity contribution in [2.45, 2.75) is 0 Å². The summed E-state index contributed by atoms with van der Waals surface area (Å²) in [4.78, 5) is 27.3. The van der Waals surface area contributed by atoms with E-state index in [9.17, 15) is 14.9 Å². The van der Waals surface area contributed by atoms with Crippen molar-refractivity contribution in [3.05, 3.63) is 47.3 Å². The summed E-state index contributed by atoms with van der Waals surface area (Å²) < 4.78 is 11.6. The molecule has 152 valence electrons. The third kappa shape index (κ3) is 4.39. The van der Waals surface area contributed by atoms with E-state index in [-0.39, 0.29) is 22.9 Å². The third-order valence-electron chi connectivity index (χ3n) is 4.77. The molecule has 0 saturated carbocycles. The minimum Gasteiger partial charge on any atom is -0.464 e. The molecule has 0 aliphatic carbocycles. The largest absolute Gasteiger partial charge is 0.464 e. The van der Waals surface area contributed by atoms with E-state index in [1.54, 1.807) is 24.3 Å². The summed E-state index contributed by atoms with van der Waals surface area (Å²) in [6.45, 7) is 4.28. The van der Waals surface area contributed by atoms with Crippen molar-refractivity contribution >= 4 is 17.6 Å². The molecule has 2 heterocycles. The maximum atomic E-state index is 12.8. The molecule has 9 heteroatoms. The summed E-state index contributed by atoms with van der Waals surface area (Å²) in [5.41, 5.74) is 6.91. The average molecular weight is 397 g/mol. The van der Waals surface area contributed by atoms with Crippen LogP contribution in [-0.4, -0.2) is 67.8 Å². The van der Waals surface area contributed by atoms with E-state index in [1.807, 2.05) is 6.07 Å². The van der Waals surface area contributed by atoms with Gasteiger partial charge in [0.1, 0.15) is 6.07 Å². The molecular weight excluding hydrogens is 374 g/mol. The number of aromatic nitrogens is 1. The second kappa shape index (κ2) is 9.23. The molecule has 1 amide bonds. The second-order valence-corrected chi connectivity index (χ2v) is 6.51. The number of nitrogens with zero attached hydrogens (tertiary/aromatic N) is 3. The van der Waals surface area contributed by atoms with E-state index in [2.05, 4.69) is 10.2 Å². The van der Waals surface area contributed by atoms with Crippen LogP contribution in [0, 0.1) is 11.3 Å². The molecule has 0 radical (unpaired) electrons. The Morgan fingerprint density at radius 1 is 1.31 bits per heavy atom. The number of anilines is 1. The molecule has 1 aliphatic heterocycles. The summed E-state index contributed by atoms with van der Waals surface area (Å²) in [7, 11) is 1.23. The van der Waals surface area contributed by atoms with Crippen molar-refractivity contribution < 1.29 is 19.1 Å². The lowest BCUT2D eigenvalue weighted by molar-refractivity contribution is 0.0383. The lowest BCUT2D eigenvalue weighted by atomic mass is 10.1. The molecule has 0 bridgehead atoms. The molecule has 1 aliphatic rings. The maximum Gasteiger partial charge on any atom is 0.357 e. The molecule has 0 spiro atoms. The smallest absolute Gasteiger partial charge is 0.357 e. The Labute approximate surface area is 168 Å². The van der Waals surface area contributed by atoms with Crippen LogP contribution in [0.25, 0.3) is 5.69 Å². The summed E-state index contributed by atoms with van der Waals surface area (Å²) in [5, 5.41) is 12.2. The zero-order chi connectivity index (χ0) is 20.8. The molecule has 0 unspecified atom stereocenters. The number of ether oxygens (including phenoxy) is 2. The first-order valence-electron chi connectivity index (χ1n) is 9.23. The van der Waals surface area contributed by atoms with Gasteiger partial charge in [0.15, 0.2) is 5.69 Å². The molecule has 1 saturated heterocycles. The van der Waals surface area contributed by atoms with Gasteiger partial charge in [-0.05, 0) is 12.1 Å².